The molecule has 2 aliphatic heterocycles. The maximum Gasteiger partial charge on any atom is 0.416 e. The molecule has 0 spiro atoms. The third-order valence-corrected chi connectivity index (χ3v) is 6.47. The minimum Gasteiger partial charge on any atom is -0.366 e. The molecule has 2 heterocycles. The van der Waals surface area contributed by atoms with Crippen LogP contribution in [0.15, 0.2) is 42.5 Å². The minimum atomic E-state index is -4.67. The molecule has 4 rings (SSSR count). The maximum absolute atomic E-state index is 13.0. The molecule has 2 aromatic rings. The van der Waals surface area contributed by atoms with Crippen molar-refractivity contribution in [1.29, 1.82) is 0 Å². The van der Waals surface area contributed by atoms with E-state index in [2.05, 4.69) is 5.32 Å². The molecule has 0 aromatic heterocycles. The zero-order chi connectivity index (χ0) is 25.2. The van der Waals surface area contributed by atoms with Gasteiger partial charge in [0.2, 0.25) is 11.8 Å². The Bertz CT molecular complexity index is 1130. The van der Waals surface area contributed by atoms with Crippen LogP contribution in [0.4, 0.5) is 30.2 Å². The monoisotopic (exact) mass is 490 g/mol. The van der Waals surface area contributed by atoms with E-state index in [9.17, 15) is 32.9 Å². The molecule has 1 N–H and O–H groups in total. The van der Waals surface area contributed by atoms with Crippen LogP contribution in [0.25, 0.3) is 0 Å². The van der Waals surface area contributed by atoms with Gasteiger partial charge in [-0.2, -0.15) is 13.2 Å². The Hall–Kier alpha value is -3.63. The molecule has 0 unspecified atom stereocenters. The molecule has 35 heavy (non-hydrogen) atoms. The summed E-state index contributed by atoms with van der Waals surface area (Å²) < 4.78 is 38.9. The Balaban J connectivity index is 1.34. The van der Waals surface area contributed by atoms with Crippen molar-refractivity contribution in [2.45, 2.75) is 38.4 Å². The minimum absolute atomic E-state index is 0.0891. The number of hydrogen-bond acceptors (Lipinski definition) is 5. The first kappa shape index (κ1) is 24.5. The van der Waals surface area contributed by atoms with Gasteiger partial charge in [-0.05, 0) is 49.1 Å². The molecule has 2 saturated heterocycles. The second-order valence-corrected chi connectivity index (χ2v) is 8.76. The van der Waals surface area contributed by atoms with Crippen molar-refractivity contribution in [2.24, 2.45) is 5.92 Å². The number of amides is 2. The van der Waals surface area contributed by atoms with E-state index < -0.39 is 22.4 Å². The van der Waals surface area contributed by atoms with Gasteiger partial charge >= 0.3 is 6.18 Å². The molecule has 2 aromatic carbocycles. The van der Waals surface area contributed by atoms with Crippen LogP contribution in [0, 0.1) is 16.0 Å². The van der Waals surface area contributed by atoms with Crippen molar-refractivity contribution in [2.75, 3.05) is 29.4 Å². The molecule has 0 bridgehead atoms. The molecule has 2 amide bonds. The van der Waals surface area contributed by atoms with Gasteiger partial charge in [0.15, 0.2) is 0 Å². The lowest BCUT2D eigenvalue weighted by Gasteiger charge is -2.32. The molecule has 0 saturated carbocycles. The van der Waals surface area contributed by atoms with Gasteiger partial charge < -0.3 is 15.1 Å². The van der Waals surface area contributed by atoms with E-state index in [0.717, 1.165) is 29.8 Å². The number of alkyl halides is 3. The Labute approximate surface area is 199 Å². The quantitative estimate of drug-likeness (QED) is 0.482. The first-order chi connectivity index (χ1) is 16.6. The van der Waals surface area contributed by atoms with Gasteiger partial charge in [0.05, 0.1) is 10.5 Å². The average Bonchev–Trinajstić information content (AvgIpc) is 3.27. The Morgan fingerprint density at radius 3 is 2.49 bits per heavy atom. The summed E-state index contributed by atoms with van der Waals surface area (Å²) in [5, 5.41) is 14.3. The first-order valence-electron chi connectivity index (χ1n) is 11.4. The number of nitro groups is 1. The zero-order valence-electron chi connectivity index (χ0n) is 18.9. The van der Waals surface area contributed by atoms with E-state index in [1.165, 1.54) is 0 Å². The van der Waals surface area contributed by atoms with E-state index >= 15 is 0 Å². The van der Waals surface area contributed by atoms with Gasteiger partial charge in [-0.25, -0.2) is 0 Å². The smallest absolute Gasteiger partial charge is 0.366 e. The molecular weight excluding hydrogens is 465 g/mol. The Morgan fingerprint density at radius 2 is 1.86 bits per heavy atom. The van der Waals surface area contributed by atoms with Crippen molar-refractivity contribution >= 4 is 28.9 Å². The number of rotatable bonds is 6. The highest BCUT2D eigenvalue weighted by Gasteiger charge is 2.35. The van der Waals surface area contributed by atoms with Crippen LogP contribution < -0.4 is 15.1 Å². The number of carbonyl (C=O) groups is 2. The number of piperidine rings is 1. The van der Waals surface area contributed by atoms with E-state index in [1.54, 1.807) is 9.80 Å². The number of benzene rings is 2. The van der Waals surface area contributed by atoms with Crippen LogP contribution in [0.5, 0.6) is 0 Å². The number of carbonyl (C=O) groups excluding carboxylic acids is 2. The Morgan fingerprint density at radius 1 is 1.11 bits per heavy atom. The van der Waals surface area contributed by atoms with Crippen LogP contribution in [-0.4, -0.2) is 36.4 Å². The van der Waals surface area contributed by atoms with Crippen molar-refractivity contribution in [1.82, 2.24) is 5.32 Å². The summed E-state index contributed by atoms with van der Waals surface area (Å²) in [7, 11) is 0. The van der Waals surface area contributed by atoms with Crippen molar-refractivity contribution < 1.29 is 27.7 Å². The first-order valence-corrected chi connectivity index (χ1v) is 11.4. The van der Waals surface area contributed by atoms with Crippen LogP contribution in [0.3, 0.4) is 0 Å². The lowest BCUT2D eigenvalue weighted by Crippen LogP contribution is -2.40. The van der Waals surface area contributed by atoms with Crippen LogP contribution in [0.1, 0.15) is 36.8 Å². The molecule has 2 aliphatic rings. The van der Waals surface area contributed by atoms with Gasteiger partial charge in [-0.3, -0.25) is 19.7 Å². The fourth-order valence-electron chi connectivity index (χ4n) is 4.58. The Kier molecular flexibility index (Phi) is 6.95. The summed E-state index contributed by atoms with van der Waals surface area (Å²) >= 11 is 0. The predicted octanol–water partition coefficient (Wildman–Crippen LogP) is 4.27. The number of anilines is 2. The lowest BCUT2D eigenvalue weighted by atomic mass is 9.95. The van der Waals surface area contributed by atoms with Gasteiger partial charge in [0.1, 0.15) is 5.69 Å². The van der Waals surface area contributed by atoms with Crippen molar-refractivity contribution in [3.63, 3.8) is 0 Å². The largest absolute Gasteiger partial charge is 0.416 e. The summed E-state index contributed by atoms with van der Waals surface area (Å²) in [5.74, 6) is -0.358. The van der Waals surface area contributed by atoms with E-state index in [1.807, 2.05) is 24.3 Å². The normalized spacial score (nSPS) is 17.1. The topological polar surface area (TPSA) is 95.8 Å². The summed E-state index contributed by atoms with van der Waals surface area (Å²) in [6.45, 7) is 1.62. The molecule has 2 fully saturated rings. The number of nitrogens with zero attached hydrogens (tertiary/aromatic N) is 3. The third kappa shape index (κ3) is 5.55. The number of nitro benzene ring substituents is 1. The third-order valence-electron chi connectivity index (χ3n) is 6.47. The van der Waals surface area contributed by atoms with Crippen LogP contribution in [-0.2, 0) is 22.3 Å². The summed E-state index contributed by atoms with van der Waals surface area (Å²) in [6, 6.07) is 9.98. The van der Waals surface area contributed by atoms with Crippen LogP contribution in [0.2, 0.25) is 0 Å². The highest BCUT2D eigenvalue weighted by atomic mass is 19.4. The SMILES string of the molecule is O=C(NCc1cccc(N2CCCC2=O)c1)C1CCN(c2ccc(C(F)(F)F)cc2[N+](=O)[O-])CC1. The molecular formula is C24H25F3N4O4. The number of hydrogen-bond donors (Lipinski definition) is 1. The predicted molar refractivity (Wildman–Crippen MR) is 123 cm³/mol. The van der Waals surface area contributed by atoms with Gasteiger partial charge in [0.25, 0.3) is 5.69 Å². The van der Waals surface area contributed by atoms with Gasteiger partial charge in [0, 0.05) is 50.3 Å². The standard InChI is InChI=1S/C24H25F3N4O4/c25-24(26,27)18-6-7-20(21(14-18)31(34)35)29-11-8-17(9-12-29)23(33)28-15-16-3-1-4-19(13-16)30-10-2-5-22(30)32/h1,3-4,6-7,13-14,17H,2,5,8-12,15H2,(H,28,33). The number of nitrogens with one attached hydrogen (secondary N) is 1. The molecule has 186 valence electrons. The molecule has 8 nitrogen and oxygen atoms in total. The fourth-order valence-corrected chi connectivity index (χ4v) is 4.58. The highest BCUT2D eigenvalue weighted by molar-refractivity contribution is 5.95. The summed E-state index contributed by atoms with van der Waals surface area (Å²) in [5.41, 5.74) is 0.133. The molecule has 0 atom stereocenters. The average molecular weight is 490 g/mol. The second-order valence-electron chi connectivity index (χ2n) is 8.76. The van der Waals surface area contributed by atoms with E-state index in [0.29, 0.717) is 51.5 Å². The summed E-state index contributed by atoms with van der Waals surface area (Å²) in [6.07, 6.45) is -2.46. The zero-order valence-corrected chi connectivity index (χ0v) is 18.9. The molecule has 0 radical (unpaired) electrons. The number of halogens is 3. The maximum atomic E-state index is 13.0. The summed E-state index contributed by atoms with van der Waals surface area (Å²) in [4.78, 5) is 38.6. The van der Waals surface area contributed by atoms with Crippen LogP contribution >= 0.6 is 0 Å². The van der Waals surface area contributed by atoms with Gasteiger partial charge in [-0.15, -0.1) is 0 Å². The highest BCUT2D eigenvalue weighted by Crippen LogP contribution is 2.37. The molecule has 0 aliphatic carbocycles. The van der Waals surface area contributed by atoms with Crippen molar-refractivity contribution in [3.05, 3.63) is 63.7 Å². The van der Waals surface area contributed by atoms with Crippen molar-refractivity contribution in [3.8, 4) is 0 Å². The van der Waals surface area contributed by atoms with E-state index in [-0.39, 0.29) is 23.4 Å². The molecule has 11 heteroatoms. The second kappa shape index (κ2) is 9.93. The van der Waals surface area contributed by atoms with Gasteiger partial charge in [-0.1, -0.05) is 12.1 Å². The lowest BCUT2D eigenvalue weighted by molar-refractivity contribution is -0.384. The fraction of sp³-hybridized carbons (Fsp3) is 0.417. The van der Waals surface area contributed by atoms with E-state index in [4.69, 9.17) is 0 Å².